The monoisotopic (exact) mass is 175 g/mol. The van der Waals surface area contributed by atoms with E-state index in [9.17, 15) is 0 Å². The van der Waals surface area contributed by atoms with Crippen LogP contribution in [0.15, 0.2) is 35.5 Å². The first-order chi connectivity index (χ1) is 6.13. The maximum absolute atomic E-state index is 4.12. The van der Waals surface area contributed by atoms with Crippen LogP contribution in [0.25, 0.3) is 0 Å². The summed E-state index contributed by atoms with van der Waals surface area (Å²) in [5.41, 5.74) is 3.99. The van der Waals surface area contributed by atoms with Gasteiger partial charge >= 0.3 is 0 Å². The quantitative estimate of drug-likeness (QED) is 0.563. The molecular formula is C13H19. The van der Waals surface area contributed by atoms with Gasteiger partial charge in [-0.1, -0.05) is 36.8 Å². The van der Waals surface area contributed by atoms with Gasteiger partial charge in [0.1, 0.15) is 0 Å². The predicted octanol–water partition coefficient (Wildman–Crippen LogP) is 4.07. The molecule has 1 saturated carbocycles. The van der Waals surface area contributed by atoms with Gasteiger partial charge < -0.3 is 0 Å². The van der Waals surface area contributed by atoms with Crippen LogP contribution in [0.4, 0.5) is 0 Å². The lowest BCUT2D eigenvalue weighted by molar-refractivity contribution is 0.498. The van der Waals surface area contributed by atoms with Crippen molar-refractivity contribution in [1.82, 2.24) is 0 Å². The molecule has 0 aromatic rings. The minimum Gasteiger partial charge on any atom is -0.0955 e. The Morgan fingerprint density at radius 1 is 1.54 bits per heavy atom. The molecule has 0 saturated heterocycles. The van der Waals surface area contributed by atoms with E-state index in [2.05, 4.69) is 33.4 Å². The van der Waals surface area contributed by atoms with Crippen molar-refractivity contribution < 1.29 is 0 Å². The normalized spacial score (nSPS) is 28.2. The molecule has 1 aliphatic rings. The van der Waals surface area contributed by atoms with E-state index >= 15 is 0 Å². The van der Waals surface area contributed by atoms with Gasteiger partial charge in [0.25, 0.3) is 0 Å². The summed E-state index contributed by atoms with van der Waals surface area (Å²) in [4.78, 5) is 0. The fraction of sp³-hybridized carbons (Fsp3) is 0.462. The molecule has 0 spiro atoms. The second-order valence-corrected chi connectivity index (χ2v) is 4.07. The van der Waals surface area contributed by atoms with Crippen LogP contribution in [-0.2, 0) is 0 Å². The molecule has 1 unspecified atom stereocenters. The lowest BCUT2D eigenvalue weighted by atomic mass is 9.83. The molecule has 0 aliphatic heterocycles. The van der Waals surface area contributed by atoms with Crippen molar-refractivity contribution in [3.63, 3.8) is 0 Å². The highest BCUT2D eigenvalue weighted by molar-refractivity contribution is 5.36. The van der Waals surface area contributed by atoms with E-state index in [1.807, 2.05) is 6.08 Å². The standard InChI is InChI=1S/C13H19/c1-5-10(2)9-13-7-6-11(3)8-12(13)4/h5,9,11H,1,4,6-8H2,2-3H3/b10-5-,13-9-. The van der Waals surface area contributed by atoms with E-state index in [1.165, 1.54) is 29.6 Å². The highest BCUT2D eigenvalue weighted by atomic mass is 14.2. The maximum Gasteiger partial charge on any atom is -0.0256 e. The Morgan fingerprint density at radius 2 is 2.23 bits per heavy atom. The average molecular weight is 175 g/mol. The van der Waals surface area contributed by atoms with Gasteiger partial charge in [-0.15, -0.1) is 0 Å². The zero-order chi connectivity index (χ0) is 9.84. The zero-order valence-electron chi connectivity index (χ0n) is 8.77. The first-order valence-corrected chi connectivity index (χ1v) is 4.98. The van der Waals surface area contributed by atoms with E-state index in [0.29, 0.717) is 0 Å². The summed E-state index contributed by atoms with van der Waals surface area (Å²) in [7, 11) is 0. The third-order valence-electron chi connectivity index (χ3n) is 2.68. The second-order valence-electron chi connectivity index (χ2n) is 4.07. The maximum atomic E-state index is 4.12. The Hall–Kier alpha value is -0.780. The SMILES string of the molecule is [CH2]/C=C(C)\C=C1\CCC(C)CC1=C. The van der Waals surface area contributed by atoms with Gasteiger partial charge in [-0.25, -0.2) is 0 Å². The van der Waals surface area contributed by atoms with Crippen LogP contribution < -0.4 is 0 Å². The summed E-state index contributed by atoms with van der Waals surface area (Å²) < 4.78 is 0. The van der Waals surface area contributed by atoms with Gasteiger partial charge in [0.05, 0.1) is 0 Å². The topological polar surface area (TPSA) is 0 Å². The van der Waals surface area contributed by atoms with E-state index in [0.717, 1.165) is 12.3 Å². The first kappa shape index (κ1) is 10.3. The number of rotatable bonds is 1. The first-order valence-electron chi connectivity index (χ1n) is 4.98. The van der Waals surface area contributed by atoms with E-state index in [1.54, 1.807) is 0 Å². The summed E-state index contributed by atoms with van der Waals surface area (Å²) >= 11 is 0. The lowest BCUT2D eigenvalue weighted by Gasteiger charge is -2.22. The molecule has 1 aliphatic carbocycles. The smallest absolute Gasteiger partial charge is 0.0256 e. The Balaban J connectivity index is 2.72. The predicted molar refractivity (Wildman–Crippen MR) is 59.4 cm³/mol. The molecule has 0 aromatic carbocycles. The molecule has 0 nitrogen and oxygen atoms in total. The Bertz CT molecular complexity index is 253. The summed E-state index contributed by atoms with van der Waals surface area (Å²) in [6.45, 7) is 12.3. The average Bonchev–Trinajstić information content (AvgIpc) is 2.09. The van der Waals surface area contributed by atoms with Crippen molar-refractivity contribution in [3.05, 3.63) is 42.4 Å². The zero-order valence-corrected chi connectivity index (χ0v) is 8.77. The number of hydrogen-bond donors (Lipinski definition) is 0. The van der Waals surface area contributed by atoms with Crippen LogP contribution in [0.5, 0.6) is 0 Å². The molecule has 0 heteroatoms. The highest BCUT2D eigenvalue weighted by Crippen LogP contribution is 2.31. The van der Waals surface area contributed by atoms with Gasteiger partial charge in [0, 0.05) is 0 Å². The molecule has 0 amide bonds. The van der Waals surface area contributed by atoms with Crippen molar-refractivity contribution >= 4 is 0 Å². The second kappa shape index (κ2) is 4.45. The van der Waals surface area contributed by atoms with Crippen molar-refractivity contribution in [3.8, 4) is 0 Å². The molecule has 71 valence electrons. The number of allylic oxidation sites excluding steroid dienone is 5. The van der Waals surface area contributed by atoms with Crippen LogP contribution in [-0.4, -0.2) is 0 Å². The molecular weight excluding hydrogens is 156 g/mol. The summed E-state index contributed by atoms with van der Waals surface area (Å²) in [5.74, 6) is 0.814. The van der Waals surface area contributed by atoms with Gasteiger partial charge in [-0.05, 0) is 44.6 Å². The van der Waals surface area contributed by atoms with Gasteiger partial charge in [-0.2, -0.15) is 0 Å². The van der Waals surface area contributed by atoms with Crippen molar-refractivity contribution in [2.75, 3.05) is 0 Å². The Morgan fingerprint density at radius 3 is 2.77 bits per heavy atom. The fourth-order valence-corrected chi connectivity index (χ4v) is 1.74. The minimum atomic E-state index is 0.814. The van der Waals surface area contributed by atoms with Crippen LogP contribution in [0.1, 0.15) is 33.1 Å². The van der Waals surface area contributed by atoms with Crippen LogP contribution in [0.3, 0.4) is 0 Å². The fourth-order valence-electron chi connectivity index (χ4n) is 1.74. The summed E-state index contributed by atoms with van der Waals surface area (Å²) in [5, 5.41) is 0. The van der Waals surface area contributed by atoms with Crippen molar-refractivity contribution in [2.45, 2.75) is 33.1 Å². The van der Waals surface area contributed by atoms with Gasteiger partial charge in [0.2, 0.25) is 0 Å². The molecule has 1 rings (SSSR count). The molecule has 0 heterocycles. The van der Waals surface area contributed by atoms with Gasteiger partial charge in [-0.3, -0.25) is 0 Å². The van der Waals surface area contributed by atoms with Crippen LogP contribution in [0.2, 0.25) is 0 Å². The third kappa shape index (κ3) is 2.87. The molecule has 0 bridgehead atoms. The molecule has 1 radical (unpaired) electrons. The highest BCUT2D eigenvalue weighted by Gasteiger charge is 2.15. The van der Waals surface area contributed by atoms with Crippen LogP contribution >= 0.6 is 0 Å². The summed E-state index contributed by atoms with van der Waals surface area (Å²) in [6.07, 6.45) is 7.77. The Kier molecular flexibility index (Phi) is 3.53. The van der Waals surface area contributed by atoms with Crippen molar-refractivity contribution in [2.24, 2.45) is 5.92 Å². The molecule has 1 fully saturated rings. The minimum absolute atomic E-state index is 0.814. The summed E-state index contributed by atoms with van der Waals surface area (Å²) in [6, 6.07) is 0. The molecule has 13 heavy (non-hydrogen) atoms. The third-order valence-corrected chi connectivity index (χ3v) is 2.68. The molecule has 0 N–H and O–H groups in total. The van der Waals surface area contributed by atoms with E-state index in [4.69, 9.17) is 0 Å². The van der Waals surface area contributed by atoms with E-state index < -0.39 is 0 Å². The lowest BCUT2D eigenvalue weighted by Crippen LogP contribution is -2.06. The number of hydrogen-bond acceptors (Lipinski definition) is 0. The van der Waals surface area contributed by atoms with Crippen molar-refractivity contribution in [1.29, 1.82) is 0 Å². The molecule has 1 atom stereocenters. The van der Waals surface area contributed by atoms with E-state index in [-0.39, 0.29) is 0 Å². The Labute approximate surface area is 82.0 Å². The molecule has 0 aromatic heterocycles. The van der Waals surface area contributed by atoms with Crippen LogP contribution in [0, 0.1) is 12.8 Å². The van der Waals surface area contributed by atoms with Gasteiger partial charge in [0.15, 0.2) is 0 Å². The largest absolute Gasteiger partial charge is 0.0955 e.